The van der Waals surface area contributed by atoms with Gasteiger partial charge in [0.15, 0.2) is 5.72 Å². The minimum Gasteiger partial charge on any atom is -0.467 e. The van der Waals surface area contributed by atoms with Gasteiger partial charge in [0, 0.05) is 59.5 Å². The van der Waals surface area contributed by atoms with Gasteiger partial charge in [-0.1, -0.05) is 35.3 Å². The van der Waals surface area contributed by atoms with Crippen LogP contribution in [-0.2, 0) is 0 Å². The number of amides is 3. The van der Waals surface area contributed by atoms with Crippen LogP contribution in [0, 0.1) is 6.92 Å². The monoisotopic (exact) mass is 550 g/mol. The molecule has 2 bridgehead atoms. The van der Waals surface area contributed by atoms with Crippen molar-refractivity contribution in [2.24, 2.45) is 0 Å². The van der Waals surface area contributed by atoms with Crippen molar-refractivity contribution < 1.29 is 14.3 Å². The van der Waals surface area contributed by atoms with E-state index >= 15 is 0 Å². The average Bonchev–Trinajstić information content (AvgIpc) is 2.90. The Morgan fingerprint density at radius 3 is 2.53 bits per heavy atom. The van der Waals surface area contributed by atoms with Gasteiger partial charge in [-0.2, -0.15) is 0 Å². The van der Waals surface area contributed by atoms with Crippen LogP contribution in [0.15, 0.2) is 60.7 Å². The zero-order chi connectivity index (χ0) is 26.6. The minimum atomic E-state index is -0.907. The third-order valence-corrected chi connectivity index (χ3v) is 8.13. The van der Waals surface area contributed by atoms with E-state index in [4.69, 9.17) is 27.9 Å². The Balaban J connectivity index is 1.21. The van der Waals surface area contributed by atoms with Crippen molar-refractivity contribution in [3.63, 3.8) is 0 Å². The number of fused-ring (bicyclic) bond motifs is 4. The highest BCUT2D eigenvalue weighted by Gasteiger charge is 2.50. The van der Waals surface area contributed by atoms with Gasteiger partial charge in [0.2, 0.25) is 0 Å². The van der Waals surface area contributed by atoms with Crippen LogP contribution in [0.25, 0.3) is 0 Å². The maximum absolute atomic E-state index is 13.5. The molecule has 0 unspecified atom stereocenters. The lowest BCUT2D eigenvalue weighted by Gasteiger charge is -2.50. The number of carbonyl (C=O) groups excluding carboxylic acids is 2. The standard InChI is InChI=1S/C29H28Cl2N4O3/c1-18-6-7-21(31)16-25(18)33-10-12-34(13-11-33)27(36)19-4-3-5-22(14-19)35-28(37)32-24-17-29(35,2)38-26-9-8-20(30)15-23(24)26/h3-9,14-16,24H,10-13,17H2,1-2H3,(H,32,37)/t24-,29+/m0/s1. The molecule has 9 heteroatoms. The molecule has 3 aliphatic heterocycles. The molecule has 2 saturated heterocycles. The summed E-state index contributed by atoms with van der Waals surface area (Å²) in [6.07, 6.45) is 0.551. The molecule has 3 amide bonds. The van der Waals surface area contributed by atoms with E-state index in [1.807, 2.05) is 54.3 Å². The largest absolute Gasteiger partial charge is 0.467 e. The topological polar surface area (TPSA) is 65.1 Å². The summed E-state index contributed by atoms with van der Waals surface area (Å²) in [5.74, 6) is 0.637. The molecule has 7 nitrogen and oxygen atoms in total. The molecule has 1 N–H and O–H groups in total. The van der Waals surface area contributed by atoms with Gasteiger partial charge in [0.25, 0.3) is 5.91 Å². The van der Waals surface area contributed by atoms with Crippen molar-refractivity contribution in [1.29, 1.82) is 0 Å². The van der Waals surface area contributed by atoms with E-state index in [0.29, 0.717) is 46.6 Å². The first-order valence-electron chi connectivity index (χ1n) is 12.7. The summed E-state index contributed by atoms with van der Waals surface area (Å²) in [6.45, 7) is 6.61. The van der Waals surface area contributed by atoms with Crippen LogP contribution in [0.5, 0.6) is 5.75 Å². The zero-order valence-corrected chi connectivity index (χ0v) is 22.7. The number of hydrogen-bond acceptors (Lipinski definition) is 4. The van der Waals surface area contributed by atoms with Crippen molar-refractivity contribution in [1.82, 2.24) is 10.2 Å². The van der Waals surface area contributed by atoms with Gasteiger partial charge in [-0.3, -0.25) is 9.69 Å². The molecule has 0 aliphatic carbocycles. The lowest BCUT2D eigenvalue weighted by atomic mass is 9.90. The molecular formula is C29H28Cl2N4O3. The predicted octanol–water partition coefficient (Wildman–Crippen LogP) is 6.03. The fourth-order valence-electron chi connectivity index (χ4n) is 5.77. The summed E-state index contributed by atoms with van der Waals surface area (Å²) in [5, 5.41) is 4.39. The normalized spacial score (nSPS) is 22.5. The zero-order valence-electron chi connectivity index (χ0n) is 21.2. The van der Waals surface area contributed by atoms with Gasteiger partial charge in [-0.15, -0.1) is 0 Å². The van der Waals surface area contributed by atoms with E-state index in [1.54, 1.807) is 23.1 Å². The molecular weight excluding hydrogens is 523 g/mol. The van der Waals surface area contributed by atoms with E-state index in [1.165, 1.54) is 0 Å². The Morgan fingerprint density at radius 1 is 1.00 bits per heavy atom. The molecule has 3 aromatic rings. The number of anilines is 2. The summed E-state index contributed by atoms with van der Waals surface area (Å²) >= 11 is 12.4. The maximum Gasteiger partial charge on any atom is 0.325 e. The lowest BCUT2D eigenvalue weighted by Crippen LogP contribution is -2.65. The van der Waals surface area contributed by atoms with Crippen molar-refractivity contribution >= 4 is 46.5 Å². The van der Waals surface area contributed by atoms with Gasteiger partial charge in [-0.25, -0.2) is 4.79 Å². The van der Waals surface area contributed by atoms with Gasteiger partial charge >= 0.3 is 6.03 Å². The van der Waals surface area contributed by atoms with Crippen molar-refractivity contribution in [3.05, 3.63) is 87.4 Å². The number of nitrogens with zero attached hydrogens (tertiary/aromatic N) is 3. The van der Waals surface area contributed by atoms with Crippen LogP contribution in [0.1, 0.15) is 40.9 Å². The van der Waals surface area contributed by atoms with Gasteiger partial charge in [0.05, 0.1) is 11.7 Å². The molecule has 3 aromatic carbocycles. The first-order chi connectivity index (χ1) is 18.2. The second-order valence-electron chi connectivity index (χ2n) is 10.3. The SMILES string of the molecule is Cc1ccc(Cl)cc1N1CCN(C(=O)c2cccc(N3C(=O)N[C@H]4C[C@@]3(C)Oc3ccc(Cl)cc34)c2)CC1. The second kappa shape index (κ2) is 9.40. The summed E-state index contributed by atoms with van der Waals surface area (Å²) < 4.78 is 6.37. The van der Waals surface area contributed by atoms with Crippen molar-refractivity contribution in [2.75, 3.05) is 36.0 Å². The van der Waals surface area contributed by atoms with Crippen LogP contribution in [-0.4, -0.2) is 48.7 Å². The quantitative estimate of drug-likeness (QED) is 0.432. The lowest BCUT2D eigenvalue weighted by molar-refractivity contribution is 0.0378. The Hall–Kier alpha value is -3.42. The van der Waals surface area contributed by atoms with Crippen LogP contribution in [0.3, 0.4) is 0 Å². The predicted molar refractivity (Wildman–Crippen MR) is 150 cm³/mol. The van der Waals surface area contributed by atoms with E-state index in [-0.39, 0.29) is 18.0 Å². The highest BCUT2D eigenvalue weighted by atomic mass is 35.5. The Kier molecular flexibility index (Phi) is 6.16. The average molecular weight is 551 g/mol. The number of urea groups is 1. The van der Waals surface area contributed by atoms with Crippen LogP contribution in [0.4, 0.5) is 16.2 Å². The highest BCUT2D eigenvalue weighted by Crippen LogP contribution is 2.46. The third kappa shape index (κ3) is 4.33. The summed E-state index contributed by atoms with van der Waals surface area (Å²) in [7, 11) is 0. The van der Waals surface area contributed by atoms with Gasteiger partial charge in [0.1, 0.15) is 5.75 Å². The van der Waals surface area contributed by atoms with Crippen LogP contribution >= 0.6 is 23.2 Å². The number of benzene rings is 3. The Labute approximate surface area is 231 Å². The first kappa shape index (κ1) is 24.9. The molecule has 0 radical (unpaired) electrons. The number of carbonyl (C=O) groups is 2. The van der Waals surface area contributed by atoms with Crippen molar-refractivity contribution in [3.8, 4) is 5.75 Å². The number of nitrogens with one attached hydrogen (secondary N) is 1. The molecule has 0 saturated carbocycles. The summed E-state index contributed by atoms with van der Waals surface area (Å²) in [6, 6.07) is 18.1. The molecule has 0 spiro atoms. The molecule has 38 heavy (non-hydrogen) atoms. The van der Waals surface area contributed by atoms with Crippen LogP contribution < -0.4 is 19.9 Å². The molecule has 2 fully saturated rings. The molecule has 3 heterocycles. The Morgan fingerprint density at radius 2 is 1.74 bits per heavy atom. The number of hydrogen-bond donors (Lipinski definition) is 1. The van der Waals surface area contributed by atoms with Gasteiger partial charge in [-0.05, 0) is 67.9 Å². The number of aryl methyl sites for hydroxylation is 1. The van der Waals surface area contributed by atoms with Crippen LogP contribution in [0.2, 0.25) is 10.0 Å². The molecule has 0 aromatic heterocycles. The smallest absolute Gasteiger partial charge is 0.325 e. The number of rotatable bonds is 3. The van der Waals surface area contributed by atoms with Gasteiger partial charge < -0.3 is 19.9 Å². The highest BCUT2D eigenvalue weighted by molar-refractivity contribution is 6.31. The summed E-state index contributed by atoms with van der Waals surface area (Å²) in [5.41, 5.74) is 3.38. The third-order valence-electron chi connectivity index (χ3n) is 7.66. The number of halogens is 2. The first-order valence-corrected chi connectivity index (χ1v) is 13.5. The molecule has 6 rings (SSSR count). The van der Waals surface area contributed by atoms with E-state index in [9.17, 15) is 9.59 Å². The molecule has 2 atom stereocenters. The number of ether oxygens (including phenoxy) is 1. The maximum atomic E-state index is 13.5. The van der Waals surface area contributed by atoms with E-state index in [0.717, 1.165) is 29.9 Å². The van der Waals surface area contributed by atoms with Crippen molar-refractivity contribution in [2.45, 2.75) is 32.0 Å². The Bertz CT molecular complexity index is 1440. The minimum absolute atomic E-state index is 0.0562. The molecule has 3 aliphatic rings. The van der Waals surface area contributed by atoms with E-state index < -0.39 is 5.72 Å². The second-order valence-corrected chi connectivity index (χ2v) is 11.1. The fourth-order valence-corrected chi connectivity index (χ4v) is 6.12. The molecule has 196 valence electrons. The van der Waals surface area contributed by atoms with E-state index in [2.05, 4.69) is 17.1 Å². The summed E-state index contributed by atoms with van der Waals surface area (Å²) in [4.78, 5) is 32.5. The fraction of sp³-hybridized carbons (Fsp3) is 0.310. The number of piperazine rings is 1.